The highest BCUT2D eigenvalue weighted by atomic mass is 32.2. The molecule has 0 aromatic carbocycles. The second-order valence-electron chi connectivity index (χ2n) is 6.35. The molecule has 9 heteroatoms. The molecule has 0 unspecified atom stereocenters. The molecular formula is C15H24N6O2S. The Bertz CT molecular complexity index is 795. The lowest BCUT2D eigenvalue weighted by Crippen LogP contribution is -2.41. The molecule has 2 aromatic heterocycles. The van der Waals surface area contributed by atoms with E-state index in [1.54, 1.807) is 4.52 Å². The van der Waals surface area contributed by atoms with E-state index in [0.29, 0.717) is 18.4 Å². The molecule has 1 aliphatic heterocycles. The molecule has 24 heavy (non-hydrogen) atoms. The van der Waals surface area contributed by atoms with Gasteiger partial charge in [-0.25, -0.2) is 13.4 Å². The number of fused-ring (bicyclic) bond motifs is 1. The fraction of sp³-hybridized carbons (Fsp3) is 0.667. The van der Waals surface area contributed by atoms with Crippen molar-refractivity contribution in [2.24, 2.45) is 0 Å². The zero-order valence-electron chi connectivity index (χ0n) is 14.1. The van der Waals surface area contributed by atoms with Crippen molar-refractivity contribution in [3.63, 3.8) is 0 Å². The van der Waals surface area contributed by atoms with Gasteiger partial charge in [-0.2, -0.15) is 14.6 Å². The summed E-state index contributed by atoms with van der Waals surface area (Å²) in [5.41, 5.74) is 0.989. The molecule has 3 heterocycles. The van der Waals surface area contributed by atoms with E-state index in [2.05, 4.69) is 32.2 Å². The lowest BCUT2D eigenvalue weighted by atomic mass is 10.1. The van der Waals surface area contributed by atoms with E-state index in [-0.39, 0.29) is 5.75 Å². The largest absolute Gasteiger partial charge is 0.367 e. The smallest absolute Gasteiger partial charge is 0.254 e. The Morgan fingerprint density at radius 2 is 2.08 bits per heavy atom. The fourth-order valence-corrected chi connectivity index (χ4v) is 3.54. The number of hydrogen-bond acceptors (Lipinski definition) is 7. The highest BCUT2D eigenvalue weighted by molar-refractivity contribution is 7.90. The zero-order chi connectivity index (χ0) is 17.2. The van der Waals surface area contributed by atoms with Crippen LogP contribution in [0.15, 0.2) is 12.4 Å². The molecule has 8 nitrogen and oxygen atoms in total. The summed E-state index contributed by atoms with van der Waals surface area (Å²) in [6, 6.07) is 2.37. The third kappa shape index (κ3) is 4.21. The summed E-state index contributed by atoms with van der Waals surface area (Å²) < 4.78 is 24.3. The summed E-state index contributed by atoms with van der Waals surface area (Å²) in [7, 11) is -2.89. The van der Waals surface area contributed by atoms with Crippen LogP contribution in [0, 0.1) is 0 Å². The van der Waals surface area contributed by atoms with Crippen molar-refractivity contribution in [1.29, 1.82) is 0 Å². The third-order valence-electron chi connectivity index (χ3n) is 4.39. The summed E-state index contributed by atoms with van der Waals surface area (Å²) in [5, 5.41) is 7.79. The number of piperidine rings is 1. The molecular weight excluding hydrogens is 328 g/mol. The topological polar surface area (TPSA) is 92.5 Å². The van der Waals surface area contributed by atoms with Crippen LogP contribution in [0.25, 0.3) is 5.78 Å². The van der Waals surface area contributed by atoms with Gasteiger partial charge in [0.1, 0.15) is 22.0 Å². The summed E-state index contributed by atoms with van der Waals surface area (Å²) in [6.07, 6.45) is 5.61. The van der Waals surface area contributed by atoms with Crippen LogP contribution < -0.4 is 5.32 Å². The van der Waals surface area contributed by atoms with E-state index in [9.17, 15) is 8.42 Å². The number of likely N-dealkylation sites (tertiary alicyclic amines) is 1. The maximum Gasteiger partial charge on any atom is 0.254 e. The summed E-state index contributed by atoms with van der Waals surface area (Å²) in [5.74, 6) is 1.76. The highest BCUT2D eigenvalue weighted by Gasteiger charge is 2.21. The standard InChI is InChI=1S/C15H24N6O2S/c1-3-12-10-14(21-15(19-12)16-11-17-21)18-13-4-6-20(7-5-13)8-9-24(2,22)23/h10-11,13,18H,3-9H2,1-2H3. The Kier molecular flexibility index (Phi) is 5.00. The van der Waals surface area contributed by atoms with Crippen molar-refractivity contribution in [3.8, 4) is 0 Å². The molecule has 3 rings (SSSR count). The summed E-state index contributed by atoms with van der Waals surface area (Å²) >= 11 is 0. The van der Waals surface area contributed by atoms with Crippen LogP contribution in [0.4, 0.5) is 5.82 Å². The van der Waals surface area contributed by atoms with Gasteiger partial charge < -0.3 is 10.2 Å². The molecule has 0 atom stereocenters. The summed E-state index contributed by atoms with van der Waals surface area (Å²) in [4.78, 5) is 10.8. The minimum absolute atomic E-state index is 0.231. The van der Waals surface area contributed by atoms with E-state index in [0.717, 1.165) is 43.9 Å². The van der Waals surface area contributed by atoms with Gasteiger partial charge in [-0.05, 0) is 19.3 Å². The second kappa shape index (κ2) is 7.02. The monoisotopic (exact) mass is 352 g/mol. The Balaban J connectivity index is 1.61. The van der Waals surface area contributed by atoms with Gasteiger partial charge in [0.15, 0.2) is 0 Å². The van der Waals surface area contributed by atoms with Crippen molar-refractivity contribution in [2.75, 3.05) is 37.0 Å². The van der Waals surface area contributed by atoms with Gasteiger partial charge in [0.2, 0.25) is 0 Å². The first kappa shape index (κ1) is 17.1. The minimum atomic E-state index is -2.89. The van der Waals surface area contributed by atoms with E-state index in [1.165, 1.54) is 12.6 Å². The Morgan fingerprint density at radius 1 is 1.33 bits per heavy atom. The molecule has 1 N–H and O–H groups in total. The molecule has 132 valence electrons. The molecule has 1 aliphatic rings. The number of nitrogens with zero attached hydrogens (tertiary/aromatic N) is 5. The zero-order valence-corrected chi connectivity index (χ0v) is 15.0. The predicted octanol–water partition coefficient (Wildman–Crippen LogP) is 0.608. The average molecular weight is 352 g/mol. The van der Waals surface area contributed by atoms with Crippen LogP contribution >= 0.6 is 0 Å². The van der Waals surface area contributed by atoms with Crippen molar-refractivity contribution in [3.05, 3.63) is 18.1 Å². The molecule has 0 amide bonds. The molecule has 2 aromatic rings. The van der Waals surface area contributed by atoms with Crippen molar-refractivity contribution in [2.45, 2.75) is 32.2 Å². The Morgan fingerprint density at radius 3 is 2.75 bits per heavy atom. The van der Waals surface area contributed by atoms with Crippen LogP contribution in [-0.2, 0) is 16.3 Å². The van der Waals surface area contributed by atoms with Crippen molar-refractivity contribution in [1.82, 2.24) is 24.5 Å². The lowest BCUT2D eigenvalue weighted by molar-refractivity contribution is 0.230. The first-order chi connectivity index (χ1) is 11.4. The molecule has 0 radical (unpaired) electrons. The molecule has 1 fully saturated rings. The predicted molar refractivity (Wildman–Crippen MR) is 93.0 cm³/mol. The number of hydrogen-bond donors (Lipinski definition) is 1. The quantitative estimate of drug-likeness (QED) is 0.814. The SMILES string of the molecule is CCc1cc(NC2CCN(CCS(C)(=O)=O)CC2)n2ncnc2n1. The average Bonchev–Trinajstić information content (AvgIpc) is 3.02. The van der Waals surface area contributed by atoms with Crippen LogP contribution in [0.1, 0.15) is 25.5 Å². The molecule has 0 aliphatic carbocycles. The maximum atomic E-state index is 11.3. The lowest BCUT2D eigenvalue weighted by Gasteiger charge is -2.32. The van der Waals surface area contributed by atoms with Gasteiger partial charge >= 0.3 is 0 Å². The van der Waals surface area contributed by atoms with Crippen molar-refractivity contribution < 1.29 is 8.42 Å². The summed E-state index contributed by atoms with van der Waals surface area (Å²) in [6.45, 7) is 4.49. The second-order valence-corrected chi connectivity index (χ2v) is 8.61. The van der Waals surface area contributed by atoms with Crippen LogP contribution in [0.5, 0.6) is 0 Å². The van der Waals surface area contributed by atoms with E-state index in [4.69, 9.17) is 0 Å². The normalized spacial score (nSPS) is 17.4. The first-order valence-corrected chi connectivity index (χ1v) is 10.4. The number of aryl methyl sites for hydroxylation is 1. The number of nitrogens with one attached hydrogen (secondary N) is 1. The van der Waals surface area contributed by atoms with Gasteiger partial charge in [-0.1, -0.05) is 6.92 Å². The Hall–Kier alpha value is -1.74. The molecule has 0 saturated carbocycles. The van der Waals surface area contributed by atoms with Crippen molar-refractivity contribution >= 4 is 21.4 Å². The number of anilines is 1. The molecule has 0 bridgehead atoms. The van der Waals surface area contributed by atoms with Crippen LogP contribution in [-0.4, -0.2) is 70.6 Å². The third-order valence-corrected chi connectivity index (χ3v) is 5.31. The van der Waals surface area contributed by atoms with E-state index < -0.39 is 9.84 Å². The fourth-order valence-electron chi connectivity index (χ4n) is 2.95. The van der Waals surface area contributed by atoms with E-state index in [1.807, 2.05) is 6.07 Å². The Labute approximate surface area is 142 Å². The molecule has 0 spiro atoms. The maximum absolute atomic E-state index is 11.3. The van der Waals surface area contributed by atoms with Gasteiger partial charge in [0, 0.05) is 43.7 Å². The number of aromatic nitrogens is 4. The van der Waals surface area contributed by atoms with Crippen LogP contribution in [0.3, 0.4) is 0 Å². The van der Waals surface area contributed by atoms with E-state index >= 15 is 0 Å². The van der Waals surface area contributed by atoms with Gasteiger partial charge in [0.25, 0.3) is 5.78 Å². The first-order valence-electron chi connectivity index (χ1n) is 8.31. The van der Waals surface area contributed by atoms with Gasteiger partial charge in [-0.15, -0.1) is 0 Å². The van der Waals surface area contributed by atoms with Gasteiger partial charge in [-0.3, -0.25) is 0 Å². The van der Waals surface area contributed by atoms with Gasteiger partial charge in [0.05, 0.1) is 5.75 Å². The number of sulfone groups is 1. The minimum Gasteiger partial charge on any atom is -0.367 e. The highest BCUT2D eigenvalue weighted by Crippen LogP contribution is 2.18. The molecule has 1 saturated heterocycles. The number of rotatable bonds is 6. The van der Waals surface area contributed by atoms with Crippen LogP contribution in [0.2, 0.25) is 0 Å².